The number of carbonyl (C=O) groups is 3. The molecule has 1 aliphatic heterocycles. The molecule has 220 valence electrons. The summed E-state index contributed by atoms with van der Waals surface area (Å²) in [6, 6.07) is 13.4. The van der Waals surface area contributed by atoms with Crippen LogP contribution in [0.25, 0.3) is 21.8 Å². The van der Waals surface area contributed by atoms with Gasteiger partial charge in [-0.25, -0.2) is 19.7 Å². The minimum atomic E-state index is -0.839. The monoisotopic (exact) mass is 607 g/mol. The van der Waals surface area contributed by atoms with Crippen LogP contribution in [0, 0.1) is 0 Å². The Labute approximate surface area is 253 Å². The summed E-state index contributed by atoms with van der Waals surface area (Å²) in [7, 11) is 1.98. The van der Waals surface area contributed by atoms with Crippen molar-refractivity contribution in [2.24, 2.45) is 12.8 Å². The van der Waals surface area contributed by atoms with Crippen LogP contribution in [0.3, 0.4) is 0 Å². The summed E-state index contributed by atoms with van der Waals surface area (Å²) in [6.07, 6.45) is 4.50. The first-order valence-electron chi connectivity index (χ1n) is 13.7. The zero-order chi connectivity index (χ0) is 30.4. The standard InChI is InChI=1S/C30H25N9O4S/c1-38-12-10-32-23(38)15-39-11-9-19-22(14-39)44-30(35-19)37-27(41)18-7-4-8-20-24(18)36-29(34-20)43-28(42)21-13-16-5-2-3-6-17(16)25(33-21)26(31)40/h2-8,10,12-13H,9,11,14-15H2,1H3,(H2,31,40)(H,34,36)(H,35,37,41). The second-order valence-corrected chi connectivity index (χ2v) is 11.4. The first-order valence-corrected chi connectivity index (χ1v) is 14.5. The average Bonchev–Trinajstić information content (AvgIpc) is 3.73. The summed E-state index contributed by atoms with van der Waals surface area (Å²) in [5.74, 6) is -1.00. The molecule has 2 aromatic carbocycles. The Balaban J connectivity index is 1.08. The number of aromatic nitrogens is 6. The Morgan fingerprint density at radius 1 is 1.11 bits per heavy atom. The molecule has 0 spiro atoms. The van der Waals surface area contributed by atoms with Crippen molar-refractivity contribution in [1.82, 2.24) is 34.4 Å². The molecule has 4 N–H and O–H groups in total. The third-order valence-corrected chi connectivity index (χ3v) is 8.42. The Morgan fingerprint density at radius 2 is 1.98 bits per heavy atom. The lowest BCUT2D eigenvalue weighted by molar-refractivity contribution is 0.0715. The van der Waals surface area contributed by atoms with Gasteiger partial charge in [-0.3, -0.25) is 19.8 Å². The molecule has 5 heterocycles. The molecule has 0 unspecified atom stereocenters. The molecule has 6 aromatic rings. The normalized spacial score (nSPS) is 13.2. The molecule has 0 saturated heterocycles. The van der Waals surface area contributed by atoms with E-state index in [4.69, 9.17) is 10.5 Å². The number of aromatic amines is 1. The van der Waals surface area contributed by atoms with Crippen LogP contribution in [0.1, 0.15) is 47.7 Å². The molecule has 13 nitrogen and oxygen atoms in total. The lowest BCUT2D eigenvalue weighted by atomic mass is 10.1. The van der Waals surface area contributed by atoms with Gasteiger partial charge in [0.25, 0.3) is 11.8 Å². The molecule has 4 aromatic heterocycles. The predicted molar refractivity (Wildman–Crippen MR) is 162 cm³/mol. The minimum Gasteiger partial charge on any atom is -0.387 e. The number of H-pyrrole nitrogens is 1. The number of esters is 1. The maximum atomic E-state index is 13.4. The molecule has 0 saturated carbocycles. The SMILES string of the molecule is Cn1ccnc1CN1CCc2nc(NC(=O)c3cccc4[nH]c(OC(=O)c5cc6ccccc6c(C(N)=O)n5)nc34)sc2C1. The predicted octanol–water partition coefficient (Wildman–Crippen LogP) is 3.43. The number of pyridine rings is 1. The van der Waals surface area contributed by atoms with E-state index in [1.807, 2.05) is 17.8 Å². The maximum Gasteiger partial charge on any atom is 0.364 e. The molecule has 1 aliphatic rings. The van der Waals surface area contributed by atoms with Crippen molar-refractivity contribution >= 4 is 56.1 Å². The van der Waals surface area contributed by atoms with Crippen LogP contribution in [0.4, 0.5) is 5.13 Å². The minimum absolute atomic E-state index is 0.0386. The van der Waals surface area contributed by atoms with E-state index in [9.17, 15) is 14.4 Å². The second kappa shape index (κ2) is 11.0. The molecule has 14 heteroatoms. The van der Waals surface area contributed by atoms with Gasteiger partial charge in [0.15, 0.2) is 5.13 Å². The number of imidazole rings is 2. The Morgan fingerprint density at radius 3 is 2.80 bits per heavy atom. The quantitative estimate of drug-likeness (QED) is 0.230. The molecule has 0 radical (unpaired) electrons. The largest absolute Gasteiger partial charge is 0.387 e. The number of hydrogen-bond acceptors (Lipinski definition) is 10. The molecule has 0 atom stereocenters. The topological polar surface area (TPSA) is 174 Å². The maximum absolute atomic E-state index is 13.4. The van der Waals surface area contributed by atoms with Gasteiger partial charge in [-0.1, -0.05) is 30.3 Å². The molecule has 7 rings (SSSR count). The third kappa shape index (κ3) is 5.16. The number of para-hydroxylation sites is 1. The molecule has 0 aliphatic carbocycles. The van der Waals surface area contributed by atoms with E-state index in [1.165, 1.54) is 17.4 Å². The number of primary amides is 1. The first-order chi connectivity index (χ1) is 21.3. The van der Waals surface area contributed by atoms with E-state index in [2.05, 4.69) is 35.1 Å². The number of amides is 2. The second-order valence-electron chi connectivity index (χ2n) is 10.3. The van der Waals surface area contributed by atoms with Gasteiger partial charge in [-0.15, -0.1) is 11.3 Å². The number of nitrogens with zero attached hydrogens (tertiary/aromatic N) is 6. The van der Waals surface area contributed by atoms with Crippen LogP contribution in [0.2, 0.25) is 0 Å². The smallest absolute Gasteiger partial charge is 0.364 e. The van der Waals surface area contributed by atoms with E-state index in [1.54, 1.807) is 48.7 Å². The van der Waals surface area contributed by atoms with Crippen LogP contribution < -0.4 is 15.8 Å². The van der Waals surface area contributed by atoms with Gasteiger partial charge in [0.05, 0.1) is 23.3 Å². The molecule has 0 bridgehead atoms. The summed E-state index contributed by atoms with van der Waals surface area (Å²) in [5.41, 5.74) is 7.43. The van der Waals surface area contributed by atoms with Gasteiger partial charge in [-0.05, 0) is 23.6 Å². The fraction of sp³-hybridized carbons (Fsp3) is 0.167. The fourth-order valence-corrected chi connectivity index (χ4v) is 6.27. The van der Waals surface area contributed by atoms with Gasteiger partial charge in [0.1, 0.15) is 22.7 Å². The number of anilines is 1. The van der Waals surface area contributed by atoms with Gasteiger partial charge in [0.2, 0.25) is 0 Å². The van der Waals surface area contributed by atoms with Gasteiger partial charge in [0, 0.05) is 49.2 Å². The van der Waals surface area contributed by atoms with Crippen LogP contribution >= 0.6 is 11.3 Å². The highest BCUT2D eigenvalue weighted by atomic mass is 32.1. The summed E-state index contributed by atoms with van der Waals surface area (Å²) in [5, 5.41) is 4.54. The lowest BCUT2D eigenvalue weighted by Crippen LogP contribution is -2.30. The van der Waals surface area contributed by atoms with Crippen molar-refractivity contribution in [3.63, 3.8) is 0 Å². The Kier molecular flexibility index (Phi) is 6.83. The van der Waals surface area contributed by atoms with E-state index >= 15 is 0 Å². The number of nitrogens with one attached hydrogen (secondary N) is 2. The highest BCUT2D eigenvalue weighted by Crippen LogP contribution is 2.30. The number of rotatable bonds is 7. The van der Waals surface area contributed by atoms with E-state index in [0.717, 1.165) is 42.5 Å². The molecule has 44 heavy (non-hydrogen) atoms. The average molecular weight is 608 g/mol. The van der Waals surface area contributed by atoms with Crippen molar-refractivity contribution < 1.29 is 19.1 Å². The Bertz CT molecular complexity index is 2100. The molecular weight excluding hydrogens is 582 g/mol. The van der Waals surface area contributed by atoms with Crippen LogP contribution in [-0.2, 0) is 26.6 Å². The van der Waals surface area contributed by atoms with E-state index < -0.39 is 17.8 Å². The molecule has 2 amide bonds. The highest BCUT2D eigenvalue weighted by Gasteiger charge is 2.24. The first kappa shape index (κ1) is 27.4. The number of thiazole rings is 1. The van der Waals surface area contributed by atoms with Gasteiger partial charge >= 0.3 is 12.0 Å². The van der Waals surface area contributed by atoms with Crippen molar-refractivity contribution in [3.05, 3.63) is 94.3 Å². The van der Waals surface area contributed by atoms with Crippen molar-refractivity contribution in [2.75, 3.05) is 11.9 Å². The zero-order valence-electron chi connectivity index (χ0n) is 23.4. The number of benzene rings is 2. The fourth-order valence-electron chi connectivity index (χ4n) is 5.22. The van der Waals surface area contributed by atoms with Gasteiger partial charge in [-0.2, -0.15) is 4.98 Å². The van der Waals surface area contributed by atoms with E-state index in [0.29, 0.717) is 26.9 Å². The van der Waals surface area contributed by atoms with E-state index in [-0.39, 0.29) is 23.0 Å². The van der Waals surface area contributed by atoms with Crippen LogP contribution in [0.5, 0.6) is 6.01 Å². The van der Waals surface area contributed by atoms with Crippen molar-refractivity contribution in [1.29, 1.82) is 0 Å². The number of hydrogen-bond donors (Lipinski definition) is 3. The van der Waals surface area contributed by atoms with Crippen LogP contribution in [0.15, 0.2) is 60.9 Å². The number of fused-ring (bicyclic) bond motifs is 3. The van der Waals surface area contributed by atoms with Crippen LogP contribution in [-0.4, -0.2) is 58.7 Å². The number of carbonyl (C=O) groups excluding carboxylic acids is 3. The van der Waals surface area contributed by atoms with Gasteiger partial charge < -0.3 is 20.0 Å². The summed E-state index contributed by atoms with van der Waals surface area (Å²) >= 11 is 1.45. The zero-order valence-corrected chi connectivity index (χ0v) is 24.2. The summed E-state index contributed by atoms with van der Waals surface area (Å²) < 4.78 is 7.47. The van der Waals surface area contributed by atoms with Crippen molar-refractivity contribution in [3.8, 4) is 6.01 Å². The summed E-state index contributed by atoms with van der Waals surface area (Å²) in [4.78, 5) is 62.3. The third-order valence-electron chi connectivity index (χ3n) is 7.42. The summed E-state index contributed by atoms with van der Waals surface area (Å²) in [6.45, 7) is 2.32. The lowest BCUT2D eigenvalue weighted by Gasteiger charge is -2.25. The number of aryl methyl sites for hydroxylation is 1. The number of nitrogens with two attached hydrogens (primary N) is 1. The van der Waals surface area contributed by atoms with Crippen molar-refractivity contribution in [2.45, 2.75) is 19.5 Å². The number of ether oxygens (including phenoxy) is 1. The highest BCUT2D eigenvalue weighted by molar-refractivity contribution is 7.15. The molecule has 0 fully saturated rings. The molecular formula is C30H25N9O4S. The Hall–Kier alpha value is -5.47.